The summed E-state index contributed by atoms with van der Waals surface area (Å²) >= 11 is 0. The van der Waals surface area contributed by atoms with Crippen molar-refractivity contribution in [1.29, 1.82) is 0 Å². The number of hydrogen-bond donors (Lipinski definition) is 2. The lowest BCUT2D eigenvalue weighted by molar-refractivity contribution is 0.475. The summed E-state index contributed by atoms with van der Waals surface area (Å²) in [6, 6.07) is 18.4. The summed E-state index contributed by atoms with van der Waals surface area (Å²) in [5.41, 5.74) is 1.84. The van der Waals surface area contributed by atoms with E-state index >= 15 is 0 Å². The molecular formula is C19H19N3O2. The molecule has 0 amide bonds. The van der Waals surface area contributed by atoms with Gasteiger partial charge in [0.2, 0.25) is 0 Å². The lowest BCUT2D eigenvalue weighted by atomic mass is 10.3. The fourth-order valence-electron chi connectivity index (χ4n) is 2.21. The van der Waals surface area contributed by atoms with Gasteiger partial charge in [0, 0.05) is 37.6 Å². The number of phenolic OH excluding ortho intramolecular Hbond substituents is 1. The fourth-order valence-corrected chi connectivity index (χ4v) is 2.21. The van der Waals surface area contributed by atoms with Gasteiger partial charge in [0.25, 0.3) is 0 Å². The monoisotopic (exact) mass is 321 g/mol. The minimum absolute atomic E-state index is 0.209. The highest BCUT2D eigenvalue weighted by Crippen LogP contribution is 2.26. The van der Waals surface area contributed by atoms with Crippen molar-refractivity contribution in [1.82, 2.24) is 4.98 Å². The summed E-state index contributed by atoms with van der Waals surface area (Å²) < 4.78 is 5.84. The van der Waals surface area contributed by atoms with Gasteiger partial charge in [-0.3, -0.25) is 0 Å². The van der Waals surface area contributed by atoms with E-state index in [0.717, 1.165) is 17.1 Å². The summed E-state index contributed by atoms with van der Waals surface area (Å²) in [5.74, 6) is 2.31. The molecular weight excluding hydrogens is 302 g/mol. The molecule has 2 aromatic carbocycles. The molecule has 0 saturated heterocycles. The van der Waals surface area contributed by atoms with Gasteiger partial charge in [-0.05, 0) is 36.4 Å². The molecule has 0 saturated carbocycles. The minimum Gasteiger partial charge on any atom is -0.508 e. The first-order valence-electron chi connectivity index (χ1n) is 7.57. The highest BCUT2D eigenvalue weighted by atomic mass is 16.5. The highest BCUT2D eigenvalue weighted by molar-refractivity contribution is 5.58. The molecule has 1 aromatic heterocycles. The number of phenols is 1. The van der Waals surface area contributed by atoms with Crippen LogP contribution < -0.4 is 15.0 Å². The number of benzene rings is 2. The molecule has 0 aliphatic carbocycles. The number of hydrogen-bond acceptors (Lipinski definition) is 5. The third-order valence-electron chi connectivity index (χ3n) is 3.42. The van der Waals surface area contributed by atoms with Crippen molar-refractivity contribution < 1.29 is 9.84 Å². The quantitative estimate of drug-likeness (QED) is 0.730. The average molecular weight is 321 g/mol. The topological polar surface area (TPSA) is 57.6 Å². The molecule has 3 rings (SSSR count). The zero-order valence-electron chi connectivity index (χ0n) is 13.6. The van der Waals surface area contributed by atoms with Gasteiger partial charge in [-0.2, -0.15) is 0 Å². The van der Waals surface area contributed by atoms with Crippen LogP contribution in [0.5, 0.6) is 17.2 Å². The first kappa shape index (κ1) is 15.7. The van der Waals surface area contributed by atoms with Crippen molar-refractivity contribution in [3.63, 3.8) is 0 Å². The Morgan fingerprint density at radius 2 is 1.79 bits per heavy atom. The van der Waals surface area contributed by atoms with Crippen molar-refractivity contribution in [2.24, 2.45) is 0 Å². The van der Waals surface area contributed by atoms with E-state index in [4.69, 9.17) is 4.74 Å². The van der Waals surface area contributed by atoms with Crippen LogP contribution in [0.1, 0.15) is 0 Å². The molecule has 0 fully saturated rings. The van der Waals surface area contributed by atoms with Gasteiger partial charge in [-0.1, -0.05) is 12.1 Å². The number of nitrogens with zero attached hydrogens (tertiary/aromatic N) is 2. The molecule has 0 spiro atoms. The van der Waals surface area contributed by atoms with Crippen LogP contribution in [-0.4, -0.2) is 24.2 Å². The van der Waals surface area contributed by atoms with E-state index in [1.807, 2.05) is 61.5 Å². The summed E-state index contributed by atoms with van der Waals surface area (Å²) in [6.07, 6.45) is 1.66. The molecule has 2 N–H and O–H groups in total. The number of aromatic nitrogens is 1. The number of anilines is 3. The molecule has 0 radical (unpaired) electrons. The normalized spacial score (nSPS) is 10.2. The number of aromatic hydroxyl groups is 1. The van der Waals surface area contributed by atoms with E-state index in [1.165, 1.54) is 0 Å². The van der Waals surface area contributed by atoms with Crippen LogP contribution in [0.4, 0.5) is 17.2 Å². The third kappa shape index (κ3) is 3.95. The van der Waals surface area contributed by atoms with Crippen LogP contribution in [0.25, 0.3) is 0 Å². The maximum atomic E-state index is 9.48. The van der Waals surface area contributed by atoms with Crippen molar-refractivity contribution in [3.05, 3.63) is 66.9 Å². The van der Waals surface area contributed by atoms with Gasteiger partial charge < -0.3 is 20.1 Å². The highest BCUT2D eigenvalue weighted by Gasteiger charge is 2.02. The van der Waals surface area contributed by atoms with E-state index in [9.17, 15) is 5.11 Å². The standard InChI is InChI=1S/C19H19N3O2/c1-22(2)15-6-4-8-17(12-15)24-18-9-10-19(20-13-18)21-14-5-3-7-16(23)11-14/h3-13,23H,1-2H3,(H,20,21). The Balaban J connectivity index is 1.69. The van der Waals surface area contributed by atoms with Crippen LogP contribution in [0.2, 0.25) is 0 Å². The third-order valence-corrected chi connectivity index (χ3v) is 3.42. The lowest BCUT2D eigenvalue weighted by Gasteiger charge is -2.14. The van der Waals surface area contributed by atoms with Gasteiger partial charge in [0.05, 0.1) is 6.20 Å². The zero-order chi connectivity index (χ0) is 16.9. The number of ether oxygens (including phenoxy) is 1. The Bertz CT molecular complexity index is 817. The molecule has 0 unspecified atom stereocenters. The van der Waals surface area contributed by atoms with Gasteiger partial charge >= 0.3 is 0 Å². The molecule has 0 aliphatic rings. The Morgan fingerprint density at radius 1 is 0.958 bits per heavy atom. The second-order valence-electron chi connectivity index (χ2n) is 5.55. The maximum absolute atomic E-state index is 9.48. The van der Waals surface area contributed by atoms with Crippen LogP contribution >= 0.6 is 0 Å². The van der Waals surface area contributed by atoms with Crippen molar-refractivity contribution in [2.45, 2.75) is 0 Å². The van der Waals surface area contributed by atoms with Crippen molar-refractivity contribution in [2.75, 3.05) is 24.3 Å². The van der Waals surface area contributed by atoms with Gasteiger partial charge in [-0.25, -0.2) is 4.98 Å². The van der Waals surface area contributed by atoms with E-state index in [1.54, 1.807) is 24.4 Å². The number of rotatable bonds is 5. The minimum atomic E-state index is 0.209. The first-order chi connectivity index (χ1) is 11.6. The molecule has 0 aliphatic heterocycles. The maximum Gasteiger partial charge on any atom is 0.145 e. The number of nitrogens with one attached hydrogen (secondary N) is 1. The SMILES string of the molecule is CN(C)c1cccc(Oc2ccc(Nc3cccc(O)c3)nc2)c1. The van der Waals surface area contributed by atoms with Gasteiger partial charge in [0.1, 0.15) is 23.1 Å². The summed E-state index contributed by atoms with van der Waals surface area (Å²) in [6.45, 7) is 0. The number of pyridine rings is 1. The Kier molecular flexibility index (Phi) is 4.52. The molecule has 122 valence electrons. The van der Waals surface area contributed by atoms with Gasteiger partial charge in [0.15, 0.2) is 0 Å². The van der Waals surface area contributed by atoms with E-state index in [0.29, 0.717) is 11.6 Å². The van der Waals surface area contributed by atoms with Crippen LogP contribution in [-0.2, 0) is 0 Å². The molecule has 3 aromatic rings. The van der Waals surface area contributed by atoms with E-state index in [2.05, 4.69) is 10.3 Å². The van der Waals surface area contributed by atoms with E-state index < -0.39 is 0 Å². The average Bonchev–Trinajstić information content (AvgIpc) is 2.57. The summed E-state index contributed by atoms with van der Waals surface area (Å²) in [7, 11) is 3.98. The molecule has 24 heavy (non-hydrogen) atoms. The van der Waals surface area contributed by atoms with Crippen LogP contribution in [0.3, 0.4) is 0 Å². The molecule has 0 atom stereocenters. The second kappa shape index (κ2) is 6.91. The Labute approximate surface area is 141 Å². The fraction of sp³-hybridized carbons (Fsp3) is 0.105. The summed E-state index contributed by atoms with van der Waals surface area (Å²) in [4.78, 5) is 6.35. The van der Waals surface area contributed by atoms with E-state index in [-0.39, 0.29) is 5.75 Å². The summed E-state index contributed by atoms with van der Waals surface area (Å²) in [5, 5.41) is 12.6. The Morgan fingerprint density at radius 3 is 2.50 bits per heavy atom. The molecule has 1 heterocycles. The molecule has 0 bridgehead atoms. The predicted molar refractivity (Wildman–Crippen MR) is 96.5 cm³/mol. The van der Waals surface area contributed by atoms with Crippen LogP contribution in [0, 0.1) is 0 Å². The molecule has 5 heteroatoms. The lowest BCUT2D eigenvalue weighted by Crippen LogP contribution is -2.08. The largest absolute Gasteiger partial charge is 0.508 e. The molecule has 5 nitrogen and oxygen atoms in total. The Hall–Kier alpha value is -3.21. The predicted octanol–water partition coefficient (Wildman–Crippen LogP) is 4.39. The smallest absolute Gasteiger partial charge is 0.145 e. The second-order valence-corrected chi connectivity index (χ2v) is 5.55. The zero-order valence-corrected chi connectivity index (χ0v) is 13.6. The van der Waals surface area contributed by atoms with Crippen LogP contribution in [0.15, 0.2) is 66.9 Å². The van der Waals surface area contributed by atoms with Crippen molar-refractivity contribution in [3.8, 4) is 17.2 Å². The first-order valence-corrected chi connectivity index (χ1v) is 7.57. The van der Waals surface area contributed by atoms with Gasteiger partial charge in [-0.15, -0.1) is 0 Å². The van der Waals surface area contributed by atoms with Crippen molar-refractivity contribution >= 4 is 17.2 Å².